The number of hydrogen-bond donors (Lipinski definition) is 4. The molecule has 2 amide bonds. The number of aliphatic hydroxyl groups excluding tert-OH is 2. The number of hydrogen-bond acceptors (Lipinski definition) is 12. The highest BCUT2D eigenvalue weighted by Crippen LogP contribution is 2.39. The minimum absolute atomic E-state index is 0.0878. The highest BCUT2D eigenvalue weighted by molar-refractivity contribution is 7.17. The van der Waals surface area contributed by atoms with Gasteiger partial charge in [0.1, 0.15) is 12.2 Å². The molecule has 1 aromatic carbocycles. The Morgan fingerprint density at radius 2 is 1.73 bits per heavy atom. The molecule has 15 atom stereocenters. The van der Waals surface area contributed by atoms with Crippen LogP contribution in [0.15, 0.2) is 29.6 Å². The van der Waals surface area contributed by atoms with E-state index in [-0.39, 0.29) is 49.1 Å². The fourth-order valence-corrected chi connectivity index (χ4v) is 10.2. The smallest absolute Gasteiger partial charge is 0.225 e. The normalized spacial score (nSPS) is 41.1. The molecule has 0 bridgehead atoms. The van der Waals surface area contributed by atoms with Crippen LogP contribution in [0.4, 0.5) is 0 Å². The SMILES string of the molecule is CO[C@]1(C)C[C@H](O[C@H]2[C@H](C)[C@@H](O[C@@H]3O[C@H](C)C[C@H](N(C)C)[C@H]3O)[C@](C)(O)C[C@@H](C)CN(C)C(=O)C[C@H](Cc3csc4ccccc34)NC(=O)[C@@H]2C)O[C@@H](C)[C@@H]1O. The highest BCUT2D eigenvalue weighted by Gasteiger charge is 2.51. The summed E-state index contributed by atoms with van der Waals surface area (Å²) in [6, 6.07) is 7.34. The average molecular weight is 806 g/mol. The van der Waals surface area contributed by atoms with Gasteiger partial charge in [0.2, 0.25) is 11.8 Å². The van der Waals surface area contributed by atoms with Crippen LogP contribution in [0, 0.1) is 17.8 Å². The molecule has 3 aliphatic heterocycles. The van der Waals surface area contributed by atoms with Crippen molar-refractivity contribution in [1.82, 2.24) is 15.1 Å². The first-order chi connectivity index (χ1) is 26.2. The van der Waals surface area contributed by atoms with E-state index in [4.69, 9.17) is 23.7 Å². The number of carbonyl (C=O) groups excluding carboxylic acids is 2. The lowest BCUT2D eigenvalue weighted by molar-refractivity contribution is -0.317. The van der Waals surface area contributed by atoms with E-state index in [1.807, 2.05) is 51.9 Å². The van der Waals surface area contributed by atoms with Gasteiger partial charge in [0.15, 0.2) is 12.6 Å². The third kappa shape index (κ3) is 10.1. The third-order valence-electron chi connectivity index (χ3n) is 12.4. The summed E-state index contributed by atoms with van der Waals surface area (Å²) < 4.78 is 33.0. The van der Waals surface area contributed by atoms with Crippen LogP contribution in [-0.4, -0.2) is 144 Å². The van der Waals surface area contributed by atoms with Crippen LogP contribution in [0.1, 0.15) is 79.7 Å². The molecule has 56 heavy (non-hydrogen) atoms. The van der Waals surface area contributed by atoms with Crippen LogP contribution in [0.25, 0.3) is 10.1 Å². The molecule has 3 saturated heterocycles. The van der Waals surface area contributed by atoms with Gasteiger partial charge in [0, 0.05) is 56.2 Å². The topological polar surface area (TPSA) is 159 Å². The molecule has 0 radical (unpaired) electrons. The zero-order valence-corrected chi connectivity index (χ0v) is 36.0. The van der Waals surface area contributed by atoms with Crippen LogP contribution in [-0.2, 0) is 39.7 Å². The Labute approximate surface area is 336 Å². The predicted molar refractivity (Wildman–Crippen MR) is 215 cm³/mol. The van der Waals surface area contributed by atoms with Gasteiger partial charge < -0.3 is 54.1 Å². The molecule has 1 aromatic heterocycles. The van der Waals surface area contributed by atoms with Crippen molar-refractivity contribution in [2.75, 3.05) is 34.8 Å². The van der Waals surface area contributed by atoms with Gasteiger partial charge in [-0.05, 0) is 89.4 Å². The summed E-state index contributed by atoms with van der Waals surface area (Å²) in [6.45, 7) is 13.2. The Bertz CT molecular complexity index is 1620. The van der Waals surface area contributed by atoms with Gasteiger partial charge in [-0.1, -0.05) is 39.0 Å². The Hall–Kier alpha value is -2.24. The zero-order valence-electron chi connectivity index (χ0n) is 35.1. The second kappa shape index (κ2) is 18.4. The third-order valence-corrected chi connectivity index (χ3v) is 13.4. The largest absolute Gasteiger partial charge is 0.387 e. The van der Waals surface area contributed by atoms with Crippen molar-refractivity contribution in [2.24, 2.45) is 17.8 Å². The van der Waals surface area contributed by atoms with E-state index in [1.165, 1.54) is 7.11 Å². The Morgan fingerprint density at radius 1 is 1.04 bits per heavy atom. The molecule has 2 aromatic rings. The molecule has 0 unspecified atom stereocenters. The summed E-state index contributed by atoms with van der Waals surface area (Å²) in [4.78, 5) is 32.1. The summed E-state index contributed by atoms with van der Waals surface area (Å²) >= 11 is 1.63. The number of rotatable bonds is 8. The number of ether oxygens (including phenoxy) is 5. The van der Waals surface area contributed by atoms with Crippen molar-refractivity contribution in [1.29, 1.82) is 0 Å². The Morgan fingerprint density at radius 3 is 2.41 bits per heavy atom. The molecule has 14 heteroatoms. The molecular weight excluding hydrogens is 739 g/mol. The van der Waals surface area contributed by atoms with Crippen LogP contribution in [0.5, 0.6) is 0 Å². The Balaban J connectivity index is 1.55. The molecule has 4 heterocycles. The highest BCUT2D eigenvalue weighted by atomic mass is 32.1. The molecule has 0 spiro atoms. The summed E-state index contributed by atoms with van der Waals surface area (Å²) in [5.41, 5.74) is -1.48. The molecular formula is C42H67N3O10S. The number of fused-ring (bicyclic) bond motifs is 1. The molecule has 3 aliphatic rings. The minimum atomic E-state index is -1.54. The quantitative estimate of drug-likeness (QED) is 0.306. The van der Waals surface area contributed by atoms with Crippen LogP contribution in [0.2, 0.25) is 0 Å². The predicted octanol–water partition coefficient (Wildman–Crippen LogP) is 3.94. The number of aliphatic hydroxyl groups is 3. The van der Waals surface area contributed by atoms with Crippen molar-refractivity contribution in [3.05, 3.63) is 35.2 Å². The van der Waals surface area contributed by atoms with Gasteiger partial charge >= 0.3 is 0 Å². The maximum absolute atomic E-state index is 14.6. The molecule has 316 valence electrons. The van der Waals surface area contributed by atoms with Crippen molar-refractivity contribution in [3.8, 4) is 0 Å². The first-order valence-electron chi connectivity index (χ1n) is 20.2. The first-order valence-corrected chi connectivity index (χ1v) is 21.0. The van der Waals surface area contributed by atoms with E-state index in [2.05, 4.69) is 22.8 Å². The van der Waals surface area contributed by atoms with E-state index in [0.717, 1.165) is 15.6 Å². The zero-order chi connectivity index (χ0) is 41.3. The number of carbonyl (C=O) groups is 2. The second-order valence-electron chi connectivity index (χ2n) is 17.6. The monoisotopic (exact) mass is 805 g/mol. The van der Waals surface area contributed by atoms with Crippen molar-refractivity contribution >= 4 is 33.2 Å². The van der Waals surface area contributed by atoms with Crippen molar-refractivity contribution in [3.63, 3.8) is 0 Å². The lowest BCUT2D eigenvalue weighted by Crippen LogP contribution is -2.61. The van der Waals surface area contributed by atoms with E-state index >= 15 is 0 Å². The van der Waals surface area contributed by atoms with Gasteiger partial charge in [-0.15, -0.1) is 11.3 Å². The average Bonchev–Trinajstić information content (AvgIpc) is 3.53. The second-order valence-corrected chi connectivity index (χ2v) is 18.5. The number of likely N-dealkylation sites (N-methyl/N-ethyl adjacent to an activating group) is 1. The standard InChI is InChI=1S/C42H67N3O10S/c1-23-19-41(6,50)38(55-40-35(47)31(44(8)9)16-24(2)52-40)25(3)36(54-34-20-42(7,51-11)37(48)27(5)53-34)26(4)39(49)43-29(18-33(46)45(10)21-23)17-28-22-56-32-15-13-12-14-30(28)32/h12-15,22-27,29,31,34-38,40,47-48,50H,16-21H2,1-11H3,(H,43,49)/t23-,24-,25+,26-,27+,29+,31+,34+,35-,36+,37+,38-,40+,41-,42-/m1/s1. The molecule has 0 aliphatic carbocycles. The fourth-order valence-electron chi connectivity index (χ4n) is 9.21. The minimum Gasteiger partial charge on any atom is -0.387 e. The number of amides is 2. The van der Waals surface area contributed by atoms with E-state index in [1.54, 1.807) is 51.0 Å². The van der Waals surface area contributed by atoms with Gasteiger partial charge in [-0.2, -0.15) is 0 Å². The summed E-state index contributed by atoms with van der Waals surface area (Å²) in [6.07, 6.45) is -5.20. The number of methoxy groups -OCH3 is 1. The lowest BCUT2D eigenvalue weighted by atomic mass is 9.77. The molecule has 13 nitrogen and oxygen atoms in total. The van der Waals surface area contributed by atoms with Gasteiger partial charge in [-0.25, -0.2) is 0 Å². The number of benzene rings is 1. The molecule has 4 N–H and O–H groups in total. The lowest BCUT2D eigenvalue weighted by Gasteiger charge is -2.49. The summed E-state index contributed by atoms with van der Waals surface area (Å²) in [7, 11) is 7.09. The van der Waals surface area contributed by atoms with Crippen molar-refractivity contribution in [2.45, 2.75) is 153 Å². The number of nitrogens with one attached hydrogen (secondary N) is 1. The van der Waals surface area contributed by atoms with Gasteiger partial charge in [-0.3, -0.25) is 9.59 Å². The van der Waals surface area contributed by atoms with Crippen LogP contribution >= 0.6 is 11.3 Å². The summed E-state index contributed by atoms with van der Waals surface area (Å²) in [5.74, 6) is -2.14. The fraction of sp³-hybridized carbons (Fsp3) is 0.762. The van der Waals surface area contributed by atoms with Gasteiger partial charge in [0.25, 0.3) is 0 Å². The molecule has 5 rings (SSSR count). The maximum atomic E-state index is 14.6. The van der Waals surface area contributed by atoms with Crippen LogP contribution < -0.4 is 5.32 Å². The van der Waals surface area contributed by atoms with E-state index in [0.29, 0.717) is 19.4 Å². The van der Waals surface area contributed by atoms with E-state index in [9.17, 15) is 24.9 Å². The number of thiophene rings is 1. The van der Waals surface area contributed by atoms with Crippen LogP contribution in [0.3, 0.4) is 0 Å². The first kappa shape index (κ1) is 44.9. The molecule has 3 fully saturated rings. The summed E-state index contributed by atoms with van der Waals surface area (Å²) in [5, 5.41) is 41.5. The van der Waals surface area contributed by atoms with Gasteiger partial charge in [0.05, 0.1) is 41.5 Å². The Kier molecular flexibility index (Phi) is 14.7. The number of nitrogens with zero attached hydrogens (tertiary/aromatic N) is 2. The maximum Gasteiger partial charge on any atom is 0.225 e. The van der Waals surface area contributed by atoms with Crippen molar-refractivity contribution < 1.29 is 48.6 Å². The van der Waals surface area contributed by atoms with E-state index < -0.39 is 72.2 Å². The molecule has 0 saturated carbocycles.